The number of hydrogen-bond acceptors (Lipinski definition) is 3. The zero-order chi connectivity index (χ0) is 10.7. The molecule has 3 nitrogen and oxygen atoms in total. The number of carbonyl (C=O) groups is 1. The second kappa shape index (κ2) is 4.25. The number of ether oxygens (including phenoxy) is 1. The van der Waals surface area contributed by atoms with Gasteiger partial charge in [-0.1, -0.05) is 0 Å². The van der Waals surface area contributed by atoms with E-state index in [9.17, 15) is 4.79 Å². The van der Waals surface area contributed by atoms with Crippen LogP contribution >= 0.6 is 15.9 Å². The molecule has 0 aliphatic carbocycles. The van der Waals surface area contributed by atoms with E-state index in [1.165, 1.54) is 14.0 Å². The maximum absolute atomic E-state index is 11.1. The molecule has 0 saturated carbocycles. The predicted molar refractivity (Wildman–Crippen MR) is 55.4 cm³/mol. The number of halogens is 1. The predicted octanol–water partition coefficient (Wildman–Crippen LogP) is 2.53. The third kappa shape index (κ3) is 1.94. The summed E-state index contributed by atoms with van der Waals surface area (Å²) in [5.74, 6) is 0.348. The van der Waals surface area contributed by atoms with Crippen LogP contribution in [0.2, 0.25) is 0 Å². The van der Waals surface area contributed by atoms with E-state index in [1.54, 1.807) is 12.1 Å². The highest BCUT2D eigenvalue weighted by Gasteiger charge is 2.11. The number of benzene rings is 1. The van der Waals surface area contributed by atoms with Gasteiger partial charge >= 0.3 is 0 Å². The lowest BCUT2D eigenvalue weighted by Crippen LogP contribution is -1.96. The highest BCUT2D eigenvalue weighted by atomic mass is 79.9. The Labute approximate surface area is 90.4 Å². The molecule has 72 valence electrons. The fourth-order valence-electron chi connectivity index (χ4n) is 1.05. The van der Waals surface area contributed by atoms with Gasteiger partial charge < -0.3 is 4.74 Å². The van der Waals surface area contributed by atoms with Crippen molar-refractivity contribution in [1.29, 1.82) is 5.26 Å². The van der Waals surface area contributed by atoms with Crippen LogP contribution < -0.4 is 4.74 Å². The minimum atomic E-state index is -0.0616. The first kappa shape index (κ1) is 10.7. The molecule has 0 aliphatic rings. The summed E-state index contributed by atoms with van der Waals surface area (Å²) in [4.78, 5) is 11.1. The standard InChI is InChI=1S/C10H8BrNO2/c1-6(13)7-3-9(11)8(5-12)10(4-7)14-2/h3-4H,1-2H3. The Bertz CT molecular complexity index is 421. The van der Waals surface area contributed by atoms with E-state index in [0.717, 1.165) is 0 Å². The molecule has 0 heterocycles. The summed E-state index contributed by atoms with van der Waals surface area (Å²) in [5.41, 5.74) is 0.922. The van der Waals surface area contributed by atoms with Gasteiger partial charge in [0, 0.05) is 10.0 Å². The average Bonchev–Trinajstić information content (AvgIpc) is 2.16. The minimum absolute atomic E-state index is 0.0616. The third-order valence-corrected chi connectivity index (χ3v) is 2.42. The van der Waals surface area contributed by atoms with E-state index in [1.807, 2.05) is 6.07 Å². The average molecular weight is 254 g/mol. The Morgan fingerprint density at radius 3 is 2.64 bits per heavy atom. The largest absolute Gasteiger partial charge is 0.495 e. The third-order valence-electron chi connectivity index (χ3n) is 1.79. The summed E-state index contributed by atoms with van der Waals surface area (Å²) in [6.07, 6.45) is 0. The van der Waals surface area contributed by atoms with E-state index >= 15 is 0 Å². The van der Waals surface area contributed by atoms with Gasteiger partial charge in [-0.25, -0.2) is 0 Å². The second-order valence-corrected chi connectivity index (χ2v) is 3.56. The van der Waals surface area contributed by atoms with Crippen molar-refractivity contribution in [2.24, 2.45) is 0 Å². The Morgan fingerprint density at radius 2 is 2.21 bits per heavy atom. The van der Waals surface area contributed by atoms with Crippen molar-refractivity contribution in [1.82, 2.24) is 0 Å². The van der Waals surface area contributed by atoms with Gasteiger partial charge in [-0.2, -0.15) is 5.26 Å². The summed E-state index contributed by atoms with van der Waals surface area (Å²) in [6, 6.07) is 5.17. The molecule has 0 saturated heterocycles. The van der Waals surface area contributed by atoms with Crippen molar-refractivity contribution < 1.29 is 9.53 Å². The second-order valence-electron chi connectivity index (χ2n) is 2.70. The van der Waals surface area contributed by atoms with E-state index in [-0.39, 0.29) is 5.78 Å². The van der Waals surface area contributed by atoms with Crippen LogP contribution in [0.25, 0.3) is 0 Å². The van der Waals surface area contributed by atoms with Gasteiger partial charge in [0.2, 0.25) is 0 Å². The van der Waals surface area contributed by atoms with Crippen molar-refractivity contribution in [3.63, 3.8) is 0 Å². The zero-order valence-corrected chi connectivity index (χ0v) is 9.38. The number of carbonyl (C=O) groups excluding carboxylic acids is 1. The van der Waals surface area contributed by atoms with Gasteiger partial charge in [0.15, 0.2) is 5.78 Å². The Balaban J connectivity index is 3.40. The molecule has 0 radical (unpaired) electrons. The van der Waals surface area contributed by atoms with Crippen molar-refractivity contribution in [2.75, 3.05) is 7.11 Å². The summed E-state index contributed by atoms with van der Waals surface area (Å²) in [6.45, 7) is 1.47. The van der Waals surface area contributed by atoms with Gasteiger partial charge in [-0.3, -0.25) is 4.79 Å². The van der Waals surface area contributed by atoms with Crippen LogP contribution in [-0.2, 0) is 0 Å². The first-order valence-corrected chi connectivity index (χ1v) is 4.68. The molecule has 4 heteroatoms. The van der Waals surface area contributed by atoms with Crippen LogP contribution in [0.3, 0.4) is 0 Å². The molecule has 0 aromatic heterocycles. The Morgan fingerprint density at radius 1 is 1.57 bits per heavy atom. The summed E-state index contributed by atoms with van der Waals surface area (Å²) in [5, 5.41) is 8.81. The van der Waals surface area contributed by atoms with Crippen LogP contribution in [0, 0.1) is 11.3 Å². The van der Waals surface area contributed by atoms with Crippen LogP contribution in [0.1, 0.15) is 22.8 Å². The molecular weight excluding hydrogens is 246 g/mol. The number of methoxy groups -OCH3 is 1. The molecule has 0 fully saturated rings. The van der Waals surface area contributed by atoms with Crippen LogP contribution in [0.4, 0.5) is 0 Å². The lowest BCUT2D eigenvalue weighted by molar-refractivity contribution is 0.101. The van der Waals surface area contributed by atoms with Crippen LogP contribution in [0.5, 0.6) is 5.75 Å². The molecule has 1 aromatic carbocycles. The molecule has 0 N–H and O–H groups in total. The molecule has 1 aromatic rings. The van der Waals surface area contributed by atoms with Crippen molar-refractivity contribution in [2.45, 2.75) is 6.92 Å². The lowest BCUT2D eigenvalue weighted by atomic mass is 10.1. The van der Waals surface area contributed by atoms with Gasteiger partial charge in [0.05, 0.1) is 7.11 Å². The molecule has 0 unspecified atom stereocenters. The number of hydrogen-bond donors (Lipinski definition) is 0. The van der Waals surface area contributed by atoms with E-state index in [4.69, 9.17) is 10.00 Å². The monoisotopic (exact) mass is 253 g/mol. The highest BCUT2D eigenvalue weighted by Crippen LogP contribution is 2.28. The maximum atomic E-state index is 11.1. The fourth-order valence-corrected chi connectivity index (χ4v) is 1.58. The van der Waals surface area contributed by atoms with Gasteiger partial charge in [-0.05, 0) is 35.0 Å². The normalized spacial score (nSPS) is 9.29. The number of nitrogens with zero attached hydrogens (tertiary/aromatic N) is 1. The van der Waals surface area contributed by atoms with Crippen molar-refractivity contribution >= 4 is 21.7 Å². The summed E-state index contributed by atoms with van der Waals surface area (Å²) >= 11 is 3.21. The molecular formula is C10H8BrNO2. The summed E-state index contributed by atoms with van der Waals surface area (Å²) in [7, 11) is 1.46. The van der Waals surface area contributed by atoms with E-state index in [2.05, 4.69) is 15.9 Å². The fraction of sp³-hybridized carbons (Fsp3) is 0.200. The molecule has 14 heavy (non-hydrogen) atoms. The maximum Gasteiger partial charge on any atom is 0.159 e. The topological polar surface area (TPSA) is 50.1 Å². The first-order chi connectivity index (χ1) is 6.60. The Kier molecular flexibility index (Phi) is 3.26. The SMILES string of the molecule is COc1cc(C(C)=O)cc(Br)c1C#N. The molecule has 0 amide bonds. The van der Waals surface area contributed by atoms with E-state index < -0.39 is 0 Å². The lowest BCUT2D eigenvalue weighted by Gasteiger charge is -2.06. The van der Waals surface area contributed by atoms with Gasteiger partial charge in [0.1, 0.15) is 17.4 Å². The van der Waals surface area contributed by atoms with E-state index in [0.29, 0.717) is 21.3 Å². The first-order valence-electron chi connectivity index (χ1n) is 3.88. The number of nitriles is 1. The van der Waals surface area contributed by atoms with Gasteiger partial charge in [-0.15, -0.1) is 0 Å². The van der Waals surface area contributed by atoms with Crippen molar-refractivity contribution in [3.8, 4) is 11.8 Å². The van der Waals surface area contributed by atoms with Gasteiger partial charge in [0.25, 0.3) is 0 Å². The van der Waals surface area contributed by atoms with Crippen LogP contribution in [-0.4, -0.2) is 12.9 Å². The molecule has 1 rings (SSSR count). The zero-order valence-electron chi connectivity index (χ0n) is 7.80. The quantitative estimate of drug-likeness (QED) is 0.762. The minimum Gasteiger partial charge on any atom is -0.495 e. The molecule has 0 aliphatic heterocycles. The number of ketones is 1. The van der Waals surface area contributed by atoms with Crippen molar-refractivity contribution in [3.05, 3.63) is 27.7 Å². The highest BCUT2D eigenvalue weighted by molar-refractivity contribution is 9.10. The smallest absolute Gasteiger partial charge is 0.159 e. The summed E-state index contributed by atoms with van der Waals surface area (Å²) < 4.78 is 5.58. The molecule has 0 spiro atoms. The Hall–Kier alpha value is -1.34. The van der Waals surface area contributed by atoms with Crippen LogP contribution in [0.15, 0.2) is 16.6 Å². The number of Topliss-reactive ketones (excluding diaryl/α,β-unsaturated/α-hetero) is 1. The molecule has 0 bridgehead atoms. The molecule has 0 atom stereocenters. The number of rotatable bonds is 2.